The second kappa shape index (κ2) is 8.92. The highest BCUT2D eigenvalue weighted by atomic mass is 35.5. The summed E-state index contributed by atoms with van der Waals surface area (Å²) in [6, 6.07) is 9.96. The average Bonchev–Trinajstić information content (AvgIpc) is 3.32. The van der Waals surface area contributed by atoms with E-state index in [9.17, 15) is 14.4 Å². The second-order valence-electron chi connectivity index (χ2n) is 8.11. The van der Waals surface area contributed by atoms with Crippen LogP contribution >= 0.6 is 11.6 Å². The minimum absolute atomic E-state index is 0.135. The summed E-state index contributed by atoms with van der Waals surface area (Å²) >= 11 is 6.33. The molecule has 0 bridgehead atoms. The first-order valence-corrected chi connectivity index (χ1v) is 10.9. The number of hydrogen-bond donors (Lipinski definition) is 4. The zero-order chi connectivity index (χ0) is 23.8. The Labute approximate surface area is 195 Å². The molecule has 0 aromatic heterocycles. The molecule has 0 radical (unpaired) electrons. The second-order valence-corrected chi connectivity index (χ2v) is 8.52. The van der Waals surface area contributed by atoms with Gasteiger partial charge < -0.3 is 25.8 Å². The van der Waals surface area contributed by atoms with Crippen LogP contribution in [-0.4, -0.2) is 38.0 Å². The summed E-state index contributed by atoms with van der Waals surface area (Å²) in [5, 5.41) is 9.43. The first-order chi connectivity index (χ1) is 15.8. The Kier molecular flexibility index (Phi) is 6.18. The topological polar surface area (TPSA) is 132 Å². The van der Waals surface area contributed by atoms with Crippen molar-refractivity contribution in [2.45, 2.75) is 30.8 Å². The number of hydrogen-bond acceptors (Lipinski definition) is 6. The molecular weight excluding hydrogens is 448 g/mol. The highest BCUT2D eigenvalue weighted by Crippen LogP contribution is 2.50. The van der Waals surface area contributed by atoms with Crippen LogP contribution in [0.15, 0.2) is 36.4 Å². The molecule has 2 aromatic carbocycles. The van der Waals surface area contributed by atoms with Crippen LogP contribution < -0.4 is 31.2 Å². The Hall–Kier alpha value is -3.30. The standard InChI is InChI=1S/C23H25ClN4O5/c1-32-13-7-8-18(33-2)17(11-13)26-21(30)15-10-12(6-9-19(25)29)28-23(15)14-4-3-5-16(24)20(14)27-22(23)31/h3-5,7-8,11-12,15,28H,6,9-10H2,1-2H3,(H2,25,29)(H,26,30)(H,27,31)/t12-,15+,23-/m1/s1. The van der Waals surface area contributed by atoms with Crippen molar-refractivity contribution >= 4 is 40.7 Å². The van der Waals surface area contributed by atoms with Crippen molar-refractivity contribution in [2.75, 3.05) is 24.9 Å². The zero-order valence-electron chi connectivity index (χ0n) is 18.2. The summed E-state index contributed by atoms with van der Waals surface area (Å²) in [4.78, 5) is 38.3. The number of methoxy groups -OCH3 is 2. The van der Waals surface area contributed by atoms with Crippen molar-refractivity contribution in [3.05, 3.63) is 47.0 Å². The molecule has 3 atom stereocenters. The third-order valence-corrected chi connectivity index (χ3v) is 6.55. The van der Waals surface area contributed by atoms with Gasteiger partial charge in [0.2, 0.25) is 17.7 Å². The van der Waals surface area contributed by atoms with Gasteiger partial charge in [0.15, 0.2) is 0 Å². The van der Waals surface area contributed by atoms with E-state index in [2.05, 4.69) is 16.0 Å². The zero-order valence-corrected chi connectivity index (χ0v) is 19.0. The number of amides is 3. The van der Waals surface area contributed by atoms with Gasteiger partial charge in [-0.3, -0.25) is 19.7 Å². The Morgan fingerprint density at radius 2 is 2.03 bits per heavy atom. The Morgan fingerprint density at radius 3 is 2.73 bits per heavy atom. The first kappa shape index (κ1) is 22.9. The summed E-state index contributed by atoms with van der Waals surface area (Å²) in [5.74, 6) is -0.983. The molecule has 2 aliphatic heterocycles. The fourth-order valence-corrected chi connectivity index (χ4v) is 4.91. The number of fused-ring (bicyclic) bond motifs is 2. The van der Waals surface area contributed by atoms with Crippen LogP contribution in [0.1, 0.15) is 24.8 Å². The molecule has 10 heteroatoms. The number of carbonyl (C=O) groups is 3. The van der Waals surface area contributed by atoms with Gasteiger partial charge >= 0.3 is 0 Å². The van der Waals surface area contributed by atoms with E-state index in [1.807, 2.05) is 0 Å². The maximum atomic E-state index is 13.6. The summed E-state index contributed by atoms with van der Waals surface area (Å²) in [6.07, 6.45) is 0.854. The Balaban J connectivity index is 1.72. The third-order valence-electron chi connectivity index (χ3n) is 6.23. The van der Waals surface area contributed by atoms with Gasteiger partial charge in [-0.05, 0) is 31.0 Å². The van der Waals surface area contributed by atoms with E-state index in [0.717, 1.165) is 0 Å². The van der Waals surface area contributed by atoms with E-state index in [-0.39, 0.29) is 24.3 Å². The molecule has 1 spiro atoms. The molecule has 5 N–H and O–H groups in total. The lowest BCUT2D eigenvalue weighted by Crippen LogP contribution is -2.52. The number of benzene rings is 2. The third kappa shape index (κ3) is 3.98. The van der Waals surface area contributed by atoms with Crippen molar-refractivity contribution in [3.63, 3.8) is 0 Å². The normalized spacial score (nSPS) is 23.2. The SMILES string of the molecule is COc1ccc(OC)c(NC(=O)[C@@H]2C[C@@H](CCC(N)=O)N[C@@]23C(=O)Nc2c(Cl)cccc23)c1. The summed E-state index contributed by atoms with van der Waals surface area (Å²) in [7, 11) is 3.02. The molecule has 174 valence electrons. The molecule has 0 aliphatic carbocycles. The quantitative estimate of drug-likeness (QED) is 0.489. The van der Waals surface area contributed by atoms with Crippen molar-refractivity contribution in [3.8, 4) is 11.5 Å². The van der Waals surface area contributed by atoms with E-state index < -0.39 is 17.4 Å². The van der Waals surface area contributed by atoms with Crippen LogP contribution in [0, 0.1) is 5.92 Å². The lowest BCUT2D eigenvalue weighted by Gasteiger charge is -2.29. The van der Waals surface area contributed by atoms with Gasteiger partial charge in [-0.25, -0.2) is 0 Å². The maximum Gasteiger partial charge on any atom is 0.250 e. The van der Waals surface area contributed by atoms with Gasteiger partial charge in [-0.2, -0.15) is 0 Å². The fraction of sp³-hybridized carbons (Fsp3) is 0.348. The summed E-state index contributed by atoms with van der Waals surface area (Å²) in [6.45, 7) is 0. The predicted octanol–water partition coefficient (Wildman–Crippen LogP) is 2.39. The van der Waals surface area contributed by atoms with Crippen LogP contribution in [0.3, 0.4) is 0 Å². The number of nitrogens with two attached hydrogens (primary N) is 1. The maximum absolute atomic E-state index is 13.6. The van der Waals surface area contributed by atoms with Crippen LogP contribution in [-0.2, 0) is 19.9 Å². The Bertz CT molecular complexity index is 1120. The molecule has 0 unspecified atom stereocenters. The molecule has 0 saturated carbocycles. The van der Waals surface area contributed by atoms with Crippen molar-refractivity contribution in [1.29, 1.82) is 0 Å². The van der Waals surface area contributed by atoms with E-state index >= 15 is 0 Å². The molecule has 1 fully saturated rings. The number of nitrogens with one attached hydrogen (secondary N) is 3. The van der Waals surface area contributed by atoms with Crippen LogP contribution in [0.25, 0.3) is 0 Å². The van der Waals surface area contributed by atoms with Gasteiger partial charge in [0, 0.05) is 24.1 Å². The van der Waals surface area contributed by atoms with Crippen molar-refractivity contribution in [2.24, 2.45) is 11.7 Å². The van der Waals surface area contributed by atoms with Crippen molar-refractivity contribution in [1.82, 2.24) is 5.32 Å². The van der Waals surface area contributed by atoms with Gasteiger partial charge in [0.25, 0.3) is 0 Å². The predicted molar refractivity (Wildman–Crippen MR) is 123 cm³/mol. The lowest BCUT2D eigenvalue weighted by molar-refractivity contribution is -0.130. The monoisotopic (exact) mass is 472 g/mol. The number of anilines is 2. The molecular formula is C23H25ClN4O5. The number of rotatable bonds is 7. The molecule has 4 rings (SSSR count). The first-order valence-electron chi connectivity index (χ1n) is 10.5. The van der Waals surface area contributed by atoms with E-state index in [0.29, 0.717) is 46.3 Å². The van der Waals surface area contributed by atoms with Gasteiger partial charge in [0.05, 0.1) is 36.5 Å². The Morgan fingerprint density at radius 1 is 1.24 bits per heavy atom. The summed E-state index contributed by atoms with van der Waals surface area (Å²) in [5.41, 5.74) is 5.48. The van der Waals surface area contributed by atoms with Gasteiger partial charge in [0.1, 0.15) is 17.0 Å². The number of halogens is 1. The fourth-order valence-electron chi connectivity index (χ4n) is 4.69. The molecule has 2 aromatic rings. The summed E-state index contributed by atoms with van der Waals surface area (Å²) < 4.78 is 10.6. The molecule has 1 saturated heterocycles. The van der Waals surface area contributed by atoms with E-state index in [1.54, 1.807) is 36.4 Å². The number of primary amides is 1. The van der Waals surface area contributed by atoms with Gasteiger partial charge in [-0.15, -0.1) is 0 Å². The molecule has 3 amide bonds. The van der Waals surface area contributed by atoms with Crippen molar-refractivity contribution < 1.29 is 23.9 Å². The molecule has 2 heterocycles. The van der Waals surface area contributed by atoms with Crippen LogP contribution in [0.4, 0.5) is 11.4 Å². The largest absolute Gasteiger partial charge is 0.497 e. The highest BCUT2D eigenvalue weighted by Gasteiger charge is 2.60. The minimum atomic E-state index is -1.33. The molecule has 9 nitrogen and oxygen atoms in total. The number of ether oxygens (including phenoxy) is 2. The van der Waals surface area contributed by atoms with Crippen LogP contribution in [0.2, 0.25) is 5.02 Å². The van der Waals surface area contributed by atoms with Crippen LogP contribution in [0.5, 0.6) is 11.5 Å². The minimum Gasteiger partial charge on any atom is -0.497 e. The number of para-hydroxylation sites is 1. The lowest BCUT2D eigenvalue weighted by atomic mass is 9.79. The van der Waals surface area contributed by atoms with E-state index in [1.165, 1.54) is 14.2 Å². The smallest absolute Gasteiger partial charge is 0.250 e. The average molecular weight is 473 g/mol. The molecule has 33 heavy (non-hydrogen) atoms. The van der Waals surface area contributed by atoms with E-state index in [4.69, 9.17) is 26.8 Å². The number of carbonyl (C=O) groups excluding carboxylic acids is 3. The molecule has 2 aliphatic rings. The van der Waals surface area contributed by atoms with Gasteiger partial charge in [-0.1, -0.05) is 23.7 Å². The highest BCUT2D eigenvalue weighted by molar-refractivity contribution is 6.35.